The lowest BCUT2D eigenvalue weighted by molar-refractivity contribution is -0.161. The molecule has 0 spiro atoms. The lowest BCUT2D eigenvalue weighted by Crippen LogP contribution is -2.30. The second kappa shape index (κ2) is 58.6. The lowest BCUT2D eigenvalue weighted by atomic mass is 10.1. The van der Waals surface area contributed by atoms with Crippen molar-refractivity contribution in [1.82, 2.24) is 0 Å². The third-order valence-electron chi connectivity index (χ3n) is 13.7. The van der Waals surface area contributed by atoms with Crippen molar-refractivity contribution in [3.05, 3.63) is 48.6 Å². The quantitative estimate of drug-likeness (QED) is 0.0197. The van der Waals surface area contributed by atoms with Crippen LogP contribution in [0.4, 0.5) is 0 Å². The highest BCUT2D eigenvalue weighted by Crippen LogP contribution is 2.43. The van der Waals surface area contributed by atoms with Gasteiger partial charge in [0.2, 0.25) is 0 Å². The largest absolute Gasteiger partial charge is 0.472 e. The summed E-state index contributed by atoms with van der Waals surface area (Å²) in [7, 11) is -4.75. The van der Waals surface area contributed by atoms with Gasteiger partial charge >= 0.3 is 25.7 Å². The minimum Gasteiger partial charge on any atom is -0.462 e. The van der Waals surface area contributed by atoms with Crippen molar-refractivity contribution in [3.8, 4) is 0 Å². The van der Waals surface area contributed by atoms with E-state index in [1.165, 1.54) is 154 Å². The maximum absolute atomic E-state index is 12.9. The van der Waals surface area contributed by atoms with Crippen LogP contribution in [0.5, 0.6) is 0 Å². The molecule has 0 rings (SSSR count). The molecular weight excluding hydrogens is 976 g/mol. The Bertz CT molecular complexity index is 1460. The Morgan fingerprint density at radius 3 is 1.03 bits per heavy atom. The lowest BCUT2D eigenvalue weighted by Gasteiger charge is -2.21. The average Bonchev–Trinajstić information content (AvgIpc) is 3.41. The van der Waals surface area contributed by atoms with Crippen LogP contribution in [-0.2, 0) is 42.2 Å². The predicted octanol–water partition coefficient (Wildman–Crippen LogP) is 18.9. The van der Waals surface area contributed by atoms with Gasteiger partial charge < -0.3 is 24.2 Å². The van der Waals surface area contributed by atoms with Gasteiger partial charge in [0.1, 0.15) is 12.7 Å². The highest BCUT2D eigenvalue weighted by molar-refractivity contribution is 7.47. The normalized spacial score (nSPS) is 13.6. The van der Waals surface area contributed by atoms with Gasteiger partial charge in [-0.3, -0.25) is 23.4 Å². The molecule has 0 aromatic carbocycles. The van der Waals surface area contributed by atoms with Crippen LogP contribution >= 0.6 is 7.82 Å². The molecule has 0 radical (unpaired) electrons. The summed E-state index contributed by atoms with van der Waals surface area (Å²) in [5.41, 5.74) is 0. The zero-order valence-corrected chi connectivity index (χ0v) is 50.1. The van der Waals surface area contributed by atoms with Gasteiger partial charge in [0.25, 0.3) is 0 Å². The fourth-order valence-corrected chi connectivity index (χ4v) is 9.67. The summed E-state index contributed by atoms with van der Waals surface area (Å²) < 4.78 is 39.6. The molecule has 444 valence electrons. The summed E-state index contributed by atoms with van der Waals surface area (Å²) in [4.78, 5) is 48.6. The molecule has 0 aliphatic rings. The molecule has 0 bridgehead atoms. The Morgan fingerprint density at radius 1 is 0.368 bits per heavy atom. The van der Waals surface area contributed by atoms with Crippen LogP contribution in [0.3, 0.4) is 0 Å². The van der Waals surface area contributed by atoms with Gasteiger partial charge in [-0.1, -0.05) is 249 Å². The van der Waals surface area contributed by atoms with Crippen molar-refractivity contribution in [2.45, 2.75) is 315 Å². The number of phosphoric acid groups is 1. The molecule has 0 fully saturated rings. The predicted molar refractivity (Wildman–Crippen MR) is 316 cm³/mol. The summed E-state index contributed by atoms with van der Waals surface area (Å²) in [5.74, 6) is -1.46. The van der Waals surface area contributed by atoms with E-state index in [0.717, 1.165) is 89.9 Å². The molecular formula is C64H117O11P. The third kappa shape index (κ3) is 56.2. The van der Waals surface area contributed by atoms with Crippen LogP contribution in [0.1, 0.15) is 303 Å². The first-order valence-electron chi connectivity index (χ1n) is 31.5. The summed E-state index contributed by atoms with van der Waals surface area (Å²) in [6.07, 6.45) is 63.5. The van der Waals surface area contributed by atoms with Crippen LogP contribution in [-0.4, -0.2) is 66.5 Å². The van der Waals surface area contributed by atoms with Gasteiger partial charge in [0.15, 0.2) is 6.10 Å². The standard InChI is InChI=1S/C64H117O11P/c1-4-7-10-13-16-19-22-24-26-28-30-32-34-36-39-42-45-48-51-54-63(67)74-60(56-65)58-72-76(69,70)73-59-61(57-71-62(66)53-50-47-44-41-38-21-18-15-12-9-6-3)75-64(68)55-52-49-46-43-40-37-35-33-31-29-27-25-23-20-17-14-11-8-5-2/h17,20,24-27,31,33,60-61,65H,4-16,18-19,21-23,28-30,32,34-59H2,1-3H3,(H,69,70)/b20-17-,26-24-,27-25-,33-31-. The number of phosphoric ester groups is 1. The van der Waals surface area contributed by atoms with Crippen molar-refractivity contribution in [3.63, 3.8) is 0 Å². The third-order valence-corrected chi connectivity index (χ3v) is 14.7. The van der Waals surface area contributed by atoms with Crippen LogP contribution in [0.2, 0.25) is 0 Å². The molecule has 0 heterocycles. The topological polar surface area (TPSA) is 155 Å². The number of carbonyl (C=O) groups is 3. The zero-order chi connectivity index (χ0) is 55.5. The highest BCUT2D eigenvalue weighted by atomic mass is 31.2. The molecule has 2 N–H and O–H groups in total. The van der Waals surface area contributed by atoms with E-state index in [0.29, 0.717) is 19.3 Å². The second-order valence-electron chi connectivity index (χ2n) is 21.2. The van der Waals surface area contributed by atoms with Crippen molar-refractivity contribution in [1.29, 1.82) is 0 Å². The minimum absolute atomic E-state index is 0.156. The first-order chi connectivity index (χ1) is 37.2. The Hall–Kier alpha value is -2.56. The van der Waals surface area contributed by atoms with Crippen LogP contribution in [0, 0.1) is 0 Å². The van der Waals surface area contributed by atoms with Crippen molar-refractivity contribution in [2.75, 3.05) is 26.4 Å². The first-order valence-corrected chi connectivity index (χ1v) is 33.0. The number of esters is 3. The fraction of sp³-hybridized carbons (Fsp3) is 0.828. The molecule has 0 saturated carbocycles. The van der Waals surface area contributed by atoms with Gasteiger partial charge in [-0.15, -0.1) is 0 Å². The number of allylic oxidation sites excluding steroid dienone is 8. The second-order valence-corrected chi connectivity index (χ2v) is 22.7. The molecule has 0 saturated heterocycles. The number of aliphatic hydroxyl groups excluding tert-OH is 1. The summed E-state index contributed by atoms with van der Waals surface area (Å²) in [6, 6.07) is 0. The smallest absolute Gasteiger partial charge is 0.462 e. The van der Waals surface area contributed by atoms with Crippen LogP contribution in [0.25, 0.3) is 0 Å². The van der Waals surface area contributed by atoms with E-state index in [1.54, 1.807) is 0 Å². The molecule has 76 heavy (non-hydrogen) atoms. The maximum atomic E-state index is 12.9. The molecule has 0 amide bonds. The van der Waals surface area contributed by atoms with Crippen LogP contribution in [0.15, 0.2) is 48.6 Å². The number of unbranched alkanes of at least 4 members (excludes halogenated alkanes) is 34. The number of hydrogen-bond donors (Lipinski definition) is 2. The summed E-state index contributed by atoms with van der Waals surface area (Å²) in [5, 5.41) is 9.84. The van der Waals surface area contributed by atoms with E-state index in [1.807, 2.05) is 0 Å². The van der Waals surface area contributed by atoms with Crippen molar-refractivity contribution < 1.29 is 52.2 Å². The van der Waals surface area contributed by atoms with Gasteiger partial charge in [-0.25, -0.2) is 4.57 Å². The number of carbonyl (C=O) groups excluding carboxylic acids is 3. The molecule has 0 aromatic heterocycles. The number of rotatable bonds is 59. The highest BCUT2D eigenvalue weighted by Gasteiger charge is 2.28. The monoisotopic (exact) mass is 1090 g/mol. The molecule has 11 nitrogen and oxygen atoms in total. The van der Waals surface area contributed by atoms with E-state index >= 15 is 0 Å². The molecule has 3 unspecified atom stereocenters. The average molecular weight is 1090 g/mol. The van der Waals surface area contributed by atoms with E-state index < -0.39 is 57.8 Å². The van der Waals surface area contributed by atoms with Gasteiger partial charge in [0, 0.05) is 19.3 Å². The molecule has 0 aliphatic carbocycles. The molecule has 0 aromatic rings. The number of ether oxygens (including phenoxy) is 3. The van der Waals surface area contributed by atoms with Crippen molar-refractivity contribution >= 4 is 25.7 Å². The van der Waals surface area contributed by atoms with E-state index in [9.17, 15) is 28.9 Å². The van der Waals surface area contributed by atoms with E-state index in [-0.39, 0.29) is 25.9 Å². The Kier molecular flexibility index (Phi) is 56.6. The number of aliphatic hydroxyl groups is 1. The molecule has 12 heteroatoms. The maximum Gasteiger partial charge on any atom is 0.472 e. The fourth-order valence-electron chi connectivity index (χ4n) is 8.89. The summed E-state index contributed by atoms with van der Waals surface area (Å²) in [6.45, 7) is 4.64. The molecule has 3 atom stereocenters. The Labute approximate surface area is 466 Å². The first kappa shape index (κ1) is 73.4. The zero-order valence-electron chi connectivity index (χ0n) is 49.2. The Morgan fingerprint density at radius 2 is 0.645 bits per heavy atom. The molecule has 0 aliphatic heterocycles. The SMILES string of the molecule is CCCCC/C=C\C/C=C\C/C=C\CCCCCCCCC(=O)OC(COC(=O)CCCCCCCCCCCCC)COP(=O)(O)OCC(CO)OC(=O)CCCCCCCCCCC/C=C\CCCCCCCC. The van der Waals surface area contributed by atoms with Gasteiger partial charge in [-0.2, -0.15) is 0 Å². The van der Waals surface area contributed by atoms with Gasteiger partial charge in [-0.05, 0) is 83.5 Å². The van der Waals surface area contributed by atoms with E-state index in [4.69, 9.17) is 23.3 Å². The minimum atomic E-state index is -4.75. The van der Waals surface area contributed by atoms with Gasteiger partial charge in [0.05, 0.1) is 19.8 Å². The summed E-state index contributed by atoms with van der Waals surface area (Å²) >= 11 is 0. The van der Waals surface area contributed by atoms with Crippen LogP contribution < -0.4 is 0 Å². The van der Waals surface area contributed by atoms with Crippen molar-refractivity contribution in [2.24, 2.45) is 0 Å². The Balaban J connectivity index is 4.62. The van der Waals surface area contributed by atoms with E-state index in [2.05, 4.69) is 69.4 Å². The number of hydrogen-bond acceptors (Lipinski definition) is 10.